The summed E-state index contributed by atoms with van der Waals surface area (Å²) in [6.45, 7) is 0.114. The summed E-state index contributed by atoms with van der Waals surface area (Å²) < 4.78 is 46.0. The molecule has 1 aromatic carbocycles. The highest BCUT2D eigenvalue weighted by Gasteiger charge is 2.28. The first kappa shape index (κ1) is 22.5. The highest BCUT2D eigenvalue weighted by Crippen LogP contribution is 2.18. The Morgan fingerprint density at radius 1 is 1.14 bits per heavy atom. The van der Waals surface area contributed by atoms with Crippen molar-refractivity contribution in [3.8, 4) is 5.88 Å². The van der Waals surface area contributed by atoms with Crippen LogP contribution in [0.1, 0.15) is 22.8 Å². The number of hydrogen-bond acceptors (Lipinski definition) is 5. The first-order valence-corrected chi connectivity index (χ1v) is 8.90. The van der Waals surface area contributed by atoms with Gasteiger partial charge in [0.1, 0.15) is 6.54 Å². The number of nitrogens with zero attached hydrogens (tertiary/aromatic N) is 2. The number of carbonyl (C=O) groups excluding carboxylic acids is 2. The van der Waals surface area contributed by atoms with Gasteiger partial charge in [0.25, 0.3) is 5.91 Å². The van der Waals surface area contributed by atoms with E-state index in [0.717, 1.165) is 17.8 Å². The zero-order valence-electron chi connectivity index (χ0n) is 15.4. The molecule has 0 unspecified atom stereocenters. The summed E-state index contributed by atoms with van der Waals surface area (Å²) in [5.74, 6) is -1.40. The lowest BCUT2D eigenvalue weighted by molar-refractivity contribution is -0.154. The molecule has 1 aromatic heterocycles. The van der Waals surface area contributed by atoms with Gasteiger partial charge >= 0.3 is 12.1 Å². The molecule has 0 radical (unpaired) electrons. The predicted octanol–water partition coefficient (Wildman–Crippen LogP) is 3.88. The molecule has 0 bridgehead atoms. The molecule has 6 nitrogen and oxygen atoms in total. The molecule has 1 amide bonds. The molecular weight excluding hydrogens is 413 g/mol. The number of halogens is 4. The number of benzene rings is 1. The molecule has 0 spiro atoms. The van der Waals surface area contributed by atoms with Crippen LogP contribution >= 0.6 is 11.6 Å². The third-order valence-corrected chi connectivity index (χ3v) is 3.82. The number of alkyl halides is 3. The molecule has 156 valence electrons. The Balaban J connectivity index is 2.14. The summed E-state index contributed by atoms with van der Waals surface area (Å²) in [6, 6.07) is 9.15. The molecule has 0 aliphatic rings. The lowest BCUT2D eigenvalue weighted by Gasteiger charge is -2.22. The second-order valence-electron chi connectivity index (χ2n) is 5.88. The first-order chi connectivity index (χ1) is 13.7. The number of hydrogen-bond donors (Lipinski definition) is 0. The average Bonchev–Trinajstić information content (AvgIpc) is 2.67. The van der Waals surface area contributed by atoms with Crippen LogP contribution in [0.25, 0.3) is 0 Å². The summed E-state index contributed by atoms with van der Waals surface area (Å²) in [7, 11) is 0. The lowest BCUT2D eigenvalue weighted by Crippen LogP contribution is -2.36. The lowest BCUT2D eigenvalue weighted by atomic mass is 10.2. The van der Waals surface area contributed by atoms with E-state index < -0.39 is 24.7 Å². The summed E-state index contributed by atoms with van der Waals surface area (Å²) in [4.78, 5) is 29.7. The number of esters is 1. The Kier molecular flexibility index (Phi) is 7.83. The topological polar surface area (TPSA) is 68.7 Å². The van der Waals surface area contributed by atoms with Gasteiger partial charge in [-0.1, -0.05) is 23.7 Å². The van der Waals surface area contributed by atoms with Crippen molar-refractivity contribution in [3.63, 3.8) is 0 Å². The van der Waals surface area contributed by atoms with Crippen molar-refractivity contribution in [1.82, 2.24) is 9.88 Å². The van der Waals surface area contributed by atoms with Crippen molar-refractivity contribution in [2.45, 2.75) is 19.6 Å². The minimum Gasteiger partial charge on any atom is -0.468 e. The maximum atomic E-state index is 12.8. The SMILES string of the molecule is CCOC(=O)CN(Cc1ccc(Cl)cc1)C(=O)c1ccc(OCC(F)(F)F)nc1. The van der Waals surface area contributed by atoms with Gasteiger partial charge in [-0.2, -0.15) is 13.2 Å². The van der Waals surface area contributed by atoms with Gasteiger partial charge in [0.15, 0.2) is 6.61 Å². The van der Waals surface area contributed by atoms with Gasteiger partial charge in [0.2, 0.25) is 5.88 Å². The Hall–Kier alpha value is -2.81. The molecule has 10 heteroatoms. The van der Waals surface area contributed by atoms with Crippen molar-refractivity contribution in [2.24, 2.45) is 0 Å². The van der Waals surface area contributed by atoms with Crippen LogP contribution in [0.4, 0.5) is 13.2 Å². The van der Waals surface area contributed by atoms with Gasteiger partial charge in [0.05, 0.1) is 12.2 Å². The fourth-order valence-corrected chi connectivity index (χ4v) is 2.43. The molecule has 0 saturated heterocycles. The quantitative estimate of drug-likeness (QED) is 0.594. The highest BCUT2D eigenvalue weighted by atomic mass is 35.5. The molecule has 0 atom stereocenters. The van der Waals surface area contributed by atoms with Gasteiger partial charge in [0, 0.05) is 23.8 Å². The van der Waals surface area contributed by atoms with Gasteiger partial charge in [-0.3, -0.25) is 9.59 Å². The molecule has 29 heavy (non-hydrogen) atoms. The van der Waals surface area contributed by atoms with Crippen molar-refractivity contribution in [2.75, 3.05) is 19.8 Å². The minimum absolute atomic E-state index is 0.0858. The predicted molar refractivity (Wildman–Crippen MR) is 98.6 cm³/mol. The summed E-state index contributed by atoms with van der Waals surface area (Å²) in [5.41, 5.74) is 0.813. The van der Waals surface area contributed by atoms with Gasteiger partial charge in [-0.25, -0.2) is 4.98 Å². The molecule has 2 rings (SSSR count). The second kappa shape index (κ2) is 10.1. The zero-order chi connectivity index (χ0) is 21.4. The first-order valence-electron chi connectivity index (χ1n) is 8.53. The summed E-state index contributed by atoms with van der Waals surface area (Å²) in [6.07, 6.45) is -3.40. The largest absolute Gasteiger partial charge is 0.468 e. The normalized spacial score (nSPS) is 11.1. The zero-order valence-corrected chi connectivity index (χ0v) is 16.2. The van der Waals surface area contributed by atoms with E-state index in [9.17, 15) is 22.8 Å². The Morgan fingerprint density at radius 2 is 1.83 bits per heavy atom. The van der Waals surface area contributed by atoms with E-state index in [4.69, 9.17) is 16.3 Å². The van der Waals surface area contributed by atoms with E-state index in [2.05, 4.69) is 9.72 Å². The van der Waals surface area contributed by atoms with E-state index in [1.807, 2.05) is 0 Å². The van der Waals surface area contributed by atoms with Crippen LogP contribution in [0.5, 0.6) is 5.88 Å². The van der Waals surface area contributed by atoms with Crippen LogP contribution in [0, 0.1) is 0 Å². The van der Waals surface area contributed by atoms with Crippen LogP contribution < -0.4 is 4.74 Å². The third-order valence-electron chi connectivity index (χ3n) is 3.57. The standard InChI is InChI=1S/C19H18ClF3N2O4/c1-2-28-17(26)11-25(10-13-3-6-15(20)7-4-13)18(27)14-5-8-16(24-9-14)29-12-19(21,22)23/h3-9H,2,10-12H2,1H3. The molecule has 0 aliphatic carbocycles. The second-order valence-corrected chi connectivity index (χ2v) is 6.32. The van der Waals surface area contributed by atoms with E-state index >= 15 is 0 Å². The Bertz CT molecular complexity index is 827. The average molecular weight is 431 g/mol. The Labute approximate surface area is 170 Å². The Morgan fingerprint density at radius 3 is 2.38 bits per heavy atom. The number of carbonyl (C=O) groups is 2. The third kappa shape index (κ3) is 7.61. The molecule has 0 N–H and O–H groups in total. The smallest absolute Gasteiger partial charge is 0.422 e. The molecular formula is C19H18ClF3N2O4. The van der Waals surface area contributed by atoms with Crippen molar-refractivity contribution < 1.29 is 32.2 Å². The van der Waals surface area contributed by atoms with Crippen LogP contribution in [-0.4, -0.2) is 47.7 Å². The van der Waals surface area contributed by atoms with Crippen LogP contribution in [0.15, 0.2) is 42.6 Å². The monoisotopic (exact) mass is 430 g/mol. The van der Waals surface area contributed by atoms with E-state index in [0.29, 0.717) is 5.02 Å². The van der Waals surface area contributed by atoms with Crippen molar-refractivity contribution >= 4 is 23.5 Å². The van der Waals surface area contributed by atoms with Crippen molar-refractivity contribution in [3.05, 3.63) is 58.7 Å². The minimum atomic E-state index is -4.49. The van der Waals surface area contributed by atoms with Crippen LogP contribution in [0.3, 0.4) is 0 Å². The maximum absolute atomic E-state index is 12.8. The number of aromatic nitrogens is 1. The number of amides is 1. The maximum Gasteiger partial charge on any atom is 0.422 e. The summed E-state index contributed by atoms with van der Waals surface area (Å²) in [5, 5.41) is 0.524. The van der Waals surface area contributed by atoms with E-state index in [-0.39, 0.29) is 31.1 Å². The molecule has 0 saturated carbocycles. The highest BCUT2D eigenvalue weighted by molar-refractivity contribution is 6.30. The molecule has 1 heterocycles. The van der Waals surface area contributed by atoms with E-state index in [1.165, 1.54) is 11.0 Å². The molecule has 0 aliphatic heterocycles. The number of ether oxygens (including phenoxy) is 2. The van der Waals surface area contributed by atoms with Gasteiger partial charge in [-0.15, -0.1) is 0 Å². The summed E-state index contributed by atoms with van der Waals surface area (Å²) >= 11 is 5.86. The van der Waals surface area contributed by atoms with Crippen LogP contribution in [-0.2, 0) is 16.1 Å². The van der Waals surface area contributed by atoms with Gasteiger partial charge in [-0.05, 0) is 30.7 Å². The fraction of sp³-hybridized carbons (Fsp3) is 0.316. The number of pyridine rings is 1. The molecule has 2 aromatic rings. The van der Waals surface area contributed by atoms with Gasteiger partial charge < -0.3 is 14.4 Å². The van der Waals surface area contributed by atoms with E-state index in [1.54, 1.807) is 31.2 Å². The van der Waals surface area contributed by atoms with Crippen molar-refractivity contribution in [1.29, 1.82) is 0 Å². The molecule has 0 fully saturated rings. The number of rotatable bonds is 8. The fourth-order valence-electron chi connectivity index (χ4n) is 2.30. The van der Waals surface area contributed by atoms with Crippen LogP contribution in [0.2, 0.25) is 5.02 Å².